The summed E-state index contributed by atoms with van der Waals surface area (Å²) < 4.78 is 55.6. The summed E-state index contributed by atoms with van der Waals surface area (Å²) in [5.74, 6) is -2.89. The average molecular weight is 394 g/mol. The standard InChI is InChI=1S/C12H6BrF2NO5S/c13-7-1-3-9(15)12(5-7)22(19,20)21-11-6-8(14)2-4-10(11)16(17)18/h1-6H. The van der Waals surface area contributed by atoms with E-state index in [-0.39, 0.29) is 4.47 Å². The van der Waals surface area contributed by atoms with Crippen LogP contribution < -0.4 is 4.18 Å². The van der Waals surface area contributed by atoms with Crippen LogP contribution in [0.25, 0.3) is 0 Å². The topological polar surface area (TPSA) is 86.5 Å². The van der Waals surface area contributed by atoms with E-state index in [0.717, 1.165) is 24.3 Å². The highest BCUT2D eigenvalue weighted by atomic mass is 79.9. The lowest BCUT2D eigenvalue weighted by Crippen LogP contribution is -2.13. The molecule has 0 saturated heterocycles. The summed E-state index contributed by atoms with van der Waals surface area (Å²) in [6.07, 6.45) is 0. The van der Waals surface area contributed by atoms with Crippen LogP contribution in [0.1, 0.15) is 0 Å². The molecule has 116 valence electrons. The van der Waals surface area contributed by atoms with E-state index in [1.165, 1.54) is 6.07 Å². The first-order chi connectivity index (χ1) is 10.2. The molecule has 0 fully saturated rings. The fourth-order valence-corrected chi connectivity index (χ4v) is 3.09. The highest BCUT2D eigenvalue weighted by Crippen LogP contribution is 2.31. The van der Waals surface area contributed by atoms with E-state index in [2.05, 4.69) is 20.1 Å². The summed E-state index contributed by atoms with van der Waals surface area (Å²) in [6.45, 7) is 0. The third kappa shape index (κ3) is 3.39. The van der Waals surface area contributed by atoms with Crippen LogP contribution in [0.15, 0.2) is 45.8 Å². The normalized spacial score (nSPS) is 11.2. The molecule has 2 aromatic rings. The van der Waals surface area contributed by atoms with Crippen LogP contribution >= 0.6 is 15.9 Å². The van der Waals surface area contributed by atoms with Crippen molar-refractivity contribution in [3.63, 3.8) is 0 Å². The van der Waals surface area contributed by atoms with Gasteiger partial charge in [0.25, 0.3) is 0 Å². The van der Waals surface area contributed by atoms with Gasteiger partial charge in [0.15, 0.2) is 0 Å². The summed E-state index contributed by atoms with van der Waals surface area (Å²) in [6, 6.07) is 5.12. The van der Waals surface area contributed by atoms with Gasteiger partial charge in [-0.3, -0.25) is 10.1 Å². The summed E-state index contributed by atoms with van der Waals surface area (Å²) in [7, 11) is -4.72. The van der Waals surface area contributed by atoms with Crippen molar-refractivity contribution in [1.82, 2.24) is 0 Å². The van der Waals surface area contributed by atoms with Crippen LogP contribution in [-0.4, -0.2) is 13.3 Å². The minimum absolute atomic E-state index is 0.254. The summed E-state index contributed by atoms with van der Waals surface area (Å²) in [5, 5.41) is 10.8. The van der Waals surface area contributed by atoms with Crippen molar-refractivity contribution in [2.75, 3.05) is 0 Å². The number of nitrogens with zero attached hydrogens (tertiary/aromatic N) is 1. The van der Waals surface area contributed by atoms with Crippen LogP contribution in [-0.2, 0) is 10.1 Å². The van der Waals surface area contributed by atoms with Gasteiger partial charge in [-0.15, -0.1) is 0 Å². The Morgan fingerprint density at radius 2 is 1.82 bits per heavy atom. The molecule has 0 aliphatic carbocycles. The summed E-state index contributed by atoms with van der Waals surface area (Å²) in [5.41, 5.74) is -0.764. The Bertz CT molecular complexity index is 857. The molecule has 0 heterocycles. The molecule has 0 bridgehead atoms. The Hall–Kier alpha value is -2.07. The lowest BCUT2D eigenvalue weighted by atomic mass is 10.3. The third-order valence-corrected chi connectivity index (χ3v) is 4.22. The van der Waals surface area contributed by atoms with E-state index in [9.17, 15) is 27.3 Å². The Morgan fingerprint density at radius 1 is 1.14 bits per heavy atom. The quantitative estimate of drug-likeness (QED) is 0.451. The van der Waals surface area contributed by atoms with Gasteiger partial charge in [0.05, 0.1) is 4.92 Å². The maximum Gasteiger partial charge on any atom is 0.342 e. The Balaban J connectivity index is 2.52. The van der Waals surface area contributed by atoms with E-state index in [0.29, 0.717) is 6.07 Å². The van der Waals surface area contributed by atoms with Crippen LogP contribution in [0.5, 0.6) is 5.75 Å². The number of nitro groups is 1. The van der Waals surface area contributed by atoms with Gasteiger partial charge >= 0.3 is 15.8 Å². The number of halogens is 3. The average Bonchev–Trinajstić information content (AvgIpc) is 2.40. The predicted molar refractivity (Wildman–Crippen MR) is 75.0 cm³/mol. The van der Waals surface area contributed by atoms with Gasteiger partial charge < -0.3 is 4.18 Å². The third-order valence-electron chi connectivity index (χ3n) is 2.48. The molecule has 6 nitrogen and oxygen atoms in total. The van der Waals surface area contributed by atoms with Gasteiger partial charge in [0.1, 0.15) is 16.5 Å². The van der Waals surface area contributed by atoms with Gasteiger partial charge in [-0.1, -0.05) is 15.9 Å². The van der Waals surface area contributed by atoms with E-state index in [1.807, 2.05) is 0 Å². The molecule has 0 radical (unpaired) electrons. The second kappa shape index (κ2) is 5.97. The lowest BCUT2D eigenvalue weighted by Gasteiger charge is -2.08. The molecule has 0 aromatic heterocycles. The van der Waals surface area contributed by atoms with Crippen LogP contribution in [0, 0.1) is 21.7 Å². The second-order valence-electron chi connectivity index (χ2n) is 3.98. The SMILES string of the molecule is O=[N+]([O-])c1ccc(F)cc1OS(=O)(=O)c1cc(Br)ccc1F. The number of rotatable bonds is 4. The van der Waals surface area contributed by atoms with Gasteiger partial charge in [-0.2, -0.15) is 8.42 Å². The highest BCUT2D eigenvalue weighted by molar-refractivity contribution is 9.10. The summed E-state index contributed by atoms with van der Waals surface area (Å²) >= 11 is 2.97. The minimum atomic E-state index is -4.72. The van der Waals surface area contributed by atoms with Crippen molar-refractivity contribution in [2.45, 2.75) is 4.90 Å². The Morgan fingerprint density at radius 3 is 2.45 bits per heavy atom. The molecule has 2 aromatic carbocycles. The predicted octanol–water partition coefficient (Wildman–Crippen LogP) is 3.40. The zero-order chi connectivity index (χ0) is 16.5. The first-order valence-electron chi connectivity index (χ1n) is 5.54. The van der Waals surface area contributed by atoms with Crippen molar-refractivity contribution in [2.24, 2.45) is 0 Å². The molecule has 22 heavy (non-hydrogen) atoms. The molecule has 0 spiro atoms. The molecule has 0 N–H and O–H groups in total. The number of hydrogen-bond acceptors (Lipinski definition) is 5. The number of benzene rings is 2. The maximum atomic E-state index is 13.6. The van der Waals surface area contributed by atoms with Gasteiger partial charge in [-0.25, -0.2) is 8.78 Å². The Kier molecular flexibility index (Phi) is 4.42. The number of hydrogen-bond donors (Lipinski definition) is 0. The van der Waals surface area contributed by atoms with Gasteiger partial charge in [0, 0.05) is 16.6 Å². The van der Waals surface area contributed by atoms with Crippen molar-refractivity contribution in [1.29, 1.82) is 0 Å². The monoisotopic (exact) mass is 393 g/mol. The van der Waals surface area contributed by atoms with Crippen molar-refractivity contribution < 1.29 is 26.3 Å². The molecule has 2 rings (SSSR count). The smallest absolute Gasteiger partial charge is 0.342 e. The highest BCUT2D eigenvalue weighted by Gasteiger charge is 2.26. The zero-order valence-electron chi connectivity index (χ0n) is 10.5. The van der Waals surface area contributed by atoms with Gasteiger partial charge in [-0.05, 0) is 24.3 Å². The molecular formula is C12H6BrF2NO5S. The fraction of sp³-hybridized carbons (Fsp3) is 0. The van der Waals surface area contributed by atoms with Crippen LogP contribution in [0.3, 0.4) is 0 Å². The molecule has 0 aliphatic rings. The molecule has 0 saturated carbocycles. The largest absolute Gasteiger partial charge is 0.371 e. The van der Waals surface area contributed by atoms with E-state index >= 15 is 0 Å². The fourth-order valence-electron chi connectivity index (χ4n) is 1.54. The minimum Gasteiger partial charge on any atom is -0.371 e. The number of nitro benzene ring substituents is 1. The summed E-state index contributed by atoms with van der Waals surface area (Å²) in [4.78, 5) is 9.03. The molecule has 0 amide bonds. The molecule has 0 atom stereocenters. The van der Waals surface area contributed by atoms with Crippen molar-refractivity contribution >= 4 is 31.7 Å². The molecule has 0 unspecified atom stereocenters. The van der Waals surface area contributed by atoms with Crippen molar-refractivity contribution in [3.05, 3.63) is 62.6 Å². The molecule has 10 heteroatoms. The Labute approximate surface area is 131 Å². The molecular weight excluding hydrogens is 388 g/mol. The second-order valence-corrected chi connectivity index (χ2v) is 6.41. The first-order valence-corrected chi connectivity index (χ1v) is 7.74. The molecule has 0 aliphatic heterocycles. The zero-order valence-corrected chi connectivity index (χ0v) is 12.9. The van der Waals surface area contributed by atoms with Crippen molar-refractivity contribution in [3.8, 4) is 5.75 Å². The lowest BCUT2D eigenvalue weighted by molar-refractivity contribution is -0.385. The first kappa shape index (κ1) is 16.3. The van der Waals surface area contributed by atoms with Gasteiger partial charge in [0.2, 0.25) is 5.75 Å². The van der Waals surface area contributed by atoms with E-state index < -0.39 is 43.0 Å². The van der Waals surface area contributed by atoms with E-state index in [1.54, 1.807) is 0 Å². The van der Waals surface area contributed by atoms with Crippen LogP contribution in [0.2, 0.25) is 0 Å². The van der Waals surface area contributed by atoms with E-state index in [4.69, 9.17) is 0 Å². The maximum absolute atomic E-state index is 13.6. The van der Waals surface area contributed by atoms with Crippen LogP contribution in [0.4, 0.5) is 14.5 Å².